The lowest BCUT2D eigenvalue weighted by atomic mass is 10.0. The second-order valence-electron chi connectivity index (χ2n) is 2.65. The maximum Gasteiger partial charge on any atom is 0.309 e. The molecule has 57 valence electrons. The molecule has 1 saturated heterocycles. The van der Waals surface area contributed by atoms with Gasteiger partial charge in [0.2, 0.25) is 0 Å². The van der Waals surface area contributed by atoms with Crippen LogP contribution in [0.4, 0.5) is 0 Å². The number of nitrogens with zero attached hydrogens (tertiary/aromatic N) is 1. The molecule has 1 heterocycles. The van der Waals surface area contributed by atoms with E-state index in [1.807, 2.05) is 0 Å². The highest BCUT2D eigenvalue weighted by molar-refractivity contribution is 5.71. The van der Waals surface area contributed by atoms with Gasteiger partial charge in [-0.15, -0.1) is 0 Å². The van der Waals surface area contributed by atoms with E-state index in [9.17, 15) is 4.79 Å². The second kappa shape index (κ2) is 3.01. The fourth-order valence-electron chi connectivity index (χ4n) is 1.13. The molecule has 0 amide bonds. The van der Waals surface area contributed by atoms with Gasteiger partial charge < -0.3 is 10.0 Å². The van der Waals surface area contributed by atoms with Crippen molar-refractivity contribution in [2.24, 2.45) is 5.92 Å². The summed E-state index contributed by atoms with van der Waals surface area (Å²) in [6, 6.07) is 0. The summed E-state index contributed by atoms with van der Waals surface area (Å²) >= 11 is 0. The Balaban J connectivity index is 2.12. The van der Waals surface area contributed by atoms with E-state index < -0.39 is 5.97 Å². The van der Waals surface area contributed by atoms with E-state index in [1.165, 1.54) is 0 Å². The molecule has 1 aliphatic heterocycles. The lowest BCUT2D eigenvalue weighted by Gasteiger charge is -2.36. The van der Waals surface area contributed by atoms with Crippen molar-refractivity contribution in [1.29, 1.82) is 0 Å². The van der Waals surface area contributed by atoms with Crippen LogP contribution in [-0.2, 0) is 4.79 Å². The first-order valence-corrected chi connectivity index (χ1v) is 3.48. The van der Waals surface area contributed by atoms with Gasteiger partial charge in [-0.1, -0.05) is 6.92 Å². The molecule has 0 aromatic carbocycles. The molecule has 3 nitrogen and oxygen atoms in total. The van der Waals surface area contributed by atoms with Crippen LogP contribution in [0.15, 0.2) is 0 Å². The molecule has 0 saturated carbocycles. The molecule has 0 unspecified atom stereocenters. The van der Waals surface area contributed by atoms with E-state index in [0.717, 1.165) is 13.0 Å². The molecule has 0 aromatic heterocycles. The van der Waals surface area contributed by atoms with Crippen LogP contribution in [0.25, 0.3) is 0 Å². The summed E-state index contributed by atoms with van der Waals surface area (Å²) in [5, 5.41) is 8.48. The first kappa shape index (κ1) is 7.54. The van der Waals surface area contributed by atoms with E-state index >= 15 is 0 Å². The van der Waals surface area contributed by atoms with E-state index in [4.69, 9.17) is 5.11 Å². The highest BCUT2D eigenvalue weighted by Gasteiger charge is 2.31. The Kier molecular flexibility index (Phi) is 2.27. The molecule has 10 heavy (non-hydrogen) atoms. The topological polar surface area (TPSA) is 40.5 Å². The van der Waals surface area contributed by atoms with Gasteiger partial charge in [0, 0.05) is 13.1 Å². The first-order chi connectivity index (χ1) is 4.74. The summed E-state index contributed by atoms with van der Waals surface area (Å²) in [5.41, 5.74) is 0. The minimum absolute atomic E-state index is 0.119. The predicted octanol–water partition coefficient (Wildman–Crippen LogP) is 0.227. The number of hydrogen-bond donors (Lipinski definition) is 1. The Morgan fingerprint density at radius 1 is 1.70 bits per heavy atom. The lowest BCUT2D eigenvalue weighted by Crippen LogP contribution is -2.50. The van der Waals surface area contributed by atoms with Gasteiger partial charge in [-0.25, -0.2) is 0 Å². The fourth-order valence-corrected chi connectivity index (χ4v) is 1.13. The van der Waals surface area contributed by atoms with Crippen molar-refractivity contribution in [1.82, 2.24) is 4.90 Å². The Hall–Kier alpha value is -0.570. The van der Waals surface area contributed by atoms with Crippen molar-refractivity contribution in [2.45, 2.75) is 6.42 Å². The normalized spacial score (nSPS) is 20.5. The SMILES string of the molecule is [CH2]CCN1CC(C(=O)O)C1. The number of rotatable bonds is 3. The van der Waals surface area contributed by atoms with E-state index in [2.05, 4.69) is 11.8 Å². The first-order valence-electron chi connectivity index (χ1n) is 3.48. The third kappa shape index (κ3) is 1.48. The van der Waals surface area contributed by atoms with Crippen molar-refractivity contribution >= 4 is 5.97 Å². The van der Waals surface area contributed by atoms with Gasteiger partial charge in [0.25, 0.3) is 0 Å². The Labute approximate surface area is 60.6 Å². The Bertz CT molecular complexity index is 130. The molecule has 1 rings (SSSR count). The number of likely N-dealkylation sites (tertiary alicyclic amines) is 1. The third-order valence-electron chi connectivity index (χ3n) is 1.78. The summed E-state index contributed by atoms with van der Waals surface area (Å²) in [4.78, 5) is 12.4. The maximum absolute atomic E-state index is 10.3. The van der Waals surface area contributed by atoms with E-state index in [1.54, 1.807) is 0 Å². The monoisotopic (exact) mass is 142 g/mol. The van der Waals surface area contributed by atoms with Crippen molar-refractivity contribution in [3.8, 4) is 0 Å². The molecular weight excluding hydrogens is 130 g/mol. The van der Waals surface area contributed by atoms with Crippen molar-refractivity contribution < 1.29 is 9.90 Å². The molecule has 0 atom stereocenters. The maximum atomic E-state index is 10.3. The van der Waals surface area contributed by atoms with E-state index in [-0.39, 0.29) is 5.92 Å². The lowest BCUT2D eigenvalue weighted by molar-refractivity contribution is -0.147. The van der Waals surface area contributed by atoms with Crippen LogP contribution in [0.1, 0.15) is 6.42 Å². The highest BCUT2D eigenvalue weighted by Crippen LogP contribution is 2.14. The van der Waals surface area contributed by atoms with Crippen LogP contribution in [-0.4, -0.2) is 35.6 Å². The van der Waals surface area contributed by atoms with Crippen LogP contribution in [0.5, 0.6) is 0 Å². The smallest absolute Gasteiger partial charge is 0.309 e. The van der Waals surface area contributed by atoms with E-state index in [0.29, 0.717) is 13.1 Å². The van der Waals surface area contributed by atoms with Crippen LogP contribution < -0.4 is 0 Å². The molecule has 1 radical (unpaired) electrons. The fraction of sp³-hybridized carbons (Fsp3) is 0.714. The minimum atomic E-state index is -0.666. The van der Waals surface area contributed by atoms with Gasteiger partial charge >= 0.3 is 5.97 Å². The number of carbonyl (C=O) groups is 1. The molecule has 0 bridgehead atoms. The molecule has 3 heteroatoms. The molecule has 0 aromatic rings. The molecule has 1 N–H and O–H groups in total. The Morgan fingerprint density at radius 2 is 2.30 bits per heavy atom. The summed E-state index contributed by atoms with van der Waals surface area (Å²) in [6.07, 6.45) is 0.867. The number of hydrogen-bond acceptors (Lipinski definition) is 2. The van der Waals surface area contributed by atoms with Crippen molar-refractivity contribution in [2.75, 3.05) is 19.6 Å². The van der Waals surface area contributed by atoms with Gasteiger partial charge in [0.1, 0.15) is 0 Å². The number of aliphatic carboxylic acids is 1. The van der Waals surface area contributed by atoms with Crippen molar-refractivity contribution in [3.63, 3.8) is 0 Å². The van der Waals surface area contributed by atoms with Gasteiger partial charge in [0.15, 0.2) is 0 Å². The summed E-state index contributed by atoms with van der Waals surface area (Å²) in [7, 11) is 0. The second-order valence-corrected chi connectivity index (χ2v) is 2.65. The number of carboxylic acids is 1. The van der Waals surface area contributed by atoms with Crippen LogP contribution in [0.2, 0.25) is 0 Å². The minimum Gasteiger partial charge on any atom is -0.481 e. The number of carboxylic acid groups (broad SMARTS) is 1. The molecule has 1 aliphatic rings. The molecule has 0 spiro atoms. The van der Waals surface area contributed by atoms with Crippen LogP contribution in [0.3, 0.4) is 0 Å². The standard InChI is InChI=1S/C7H12NO2/c1-2-3-8-4-6(5-8)7(9)10/h6H,1-5H2,(H,9,10). The highest BCUT2D eigenvalue weighted by atomic mass is 16.4. The van der Waals surface area contributed by atoms with Gasteiger partial charge in [-0.3, -0.25) is 4.79 Å². The summed E-state index contributed by atoms with van der Waals surface area (Å²) in [5.74, 6) is -0.785. The van der Waals surface area contributed by atoms with Gasteiger partial charge in [0.05, 0.1) is 5.92 Å². The van der Waals surface area contributed by atoms with Crippen LogP contribution >= 0.6 is 0 Å². The predicted molar refractivity (Wildman–Crippen MR) is 37.5 cm³/mol. The average molecular weight is 142 g/mol. The zero-order valence-electron chi connectivity index (χ0n) is 5.92. The molecule has 1 fully saturated rings. The Morgan fingerprint density at radius 3 is 2.70 bits per heavy atom. The van der Waals surface area contributed by atoms with Crippen LogP contribution in [0, 0.1) is 12.8 Å². The average Bonchev–Trinajstić information content (AvgIpc) is 1.76. The zero-order valence-corrected chi connectivity index (χ0v) is 5.92. The summed E-state index contributed by atoms with van der Waals surface area (Å²) in [6.45, 7) is 6.05. The quantitative estimate of drug-likeness (QED) is 0.613. The van der Waals surface area contributed by atoms with Crippen molar-refractivity contribution in [3.05, 3.63) is 6.92 Å². The molecule has 0 aliphatic carbocycles. The molecular formula is C7H12NO2. The zero-order chi connectivity index (χ0) is 7.56. The summed E-state index contributed by atoms with van der Waals surface area (Å²) < 4.78 is 0. The van der Waals surface area contributed by atoms with Gasteiger partial charge in [-0.2, -0.15) is 0 Å². The largest absolute Gasteiger partial charge is 0.481 e. The van der Waals surface area contributed by atoms with Gasteiger partial charge in [-0.05, 0) is 13.0 Å². The third-order valence-corrected chi connectivity index (χ3v) is 1.78.